The van der Waals surface area contributed by atoms with Crippen molar-refractivity contribution in [3.05, 3.63) is 24.3 Å². The van der Waals surface area contributed by atoms with Crippen molar-refractivity contribution in [3.63, 3.8) is 0 Å². The van der Waals surface area contributed by atoms with Gasteiger partial charge in [-0.2, -0.15) is 11.8 Å². The van der Waals surface area contributed by atoms with Crippen molar-refractivity contribution < 1.29 is 14.3 Å². The highest BCUT2D eigenvalue weighted by molar-refractivity contribution is 7.99. The van der Waals surface area contributed by atoms with Gasteiger partial charge in [0.15, 0.2) is 11.5 Å². The maximum absolute atomic E-state index is 12.1. The van der Waals surface area contributed by atoms with Crippen molar-refractivity contribution in [2.45, 2.75) is 43.5 Å². The van der Waals surface area contributed by atoms with E-state index in [9.17, 15) is 4.79 Å². The molecule has 1 unspecified atom stereocenters. The third kappa shape index (κ3) is 4.09. The van der Waals surface area contributed by atoms with Gasteiger partial charge in [-0.3, -0.25) is 4.79 Å². The summed E-state index contributed by atoms with van der Waals surface area (Å²) in [6.07, 6.45) is 6.21. The first-order valence-electron chi connectivity index (χ1n) is 8.11. The highest BCUT2D eigenvalue weighted by atomic mass is 32.2. The Labute approximate surface area is 135 Å². The summed E-state index contributed by atoms with van der Waals surface area (Å²) < 4.78 is 11.3. The number of thioether (sulfide) groups is 1. The van der Waals surface area contributed by atoms with Crippen LogP contribution < -0.4 is 14.8 Å². The molecule has 5 heteroatoms. The standard InChI is InChI=1S/C17H23NO3S/c19-17(18-10-11-22-13-6-2-1-3-7-13)16-12-20-14-8-4-5-9-15(14)21-16/h4-5,8-9,13,16H,1-3,6-7,10-12H2,(H,18,19). The van der Waals surface area contributed by atoms with Crippen LogP contribution in [-0.2, 0) is 4.79 Å². The number of amides is 1. The summed E-state index contributed by atoms with van der Waals surface area (Å²) in [5.41, 5.74) is 0. The molecule has 3 rings (SSSR count). The summed E-state index contributed by atoms with van der Waals surface area (Å²) >= 11 is 1.99. The van der Waals surface area contributed by atoms with Gasteiger partial charge in [-0.1, -0.05) is 31.4 Å². The van der Waals surface area contributed by atoms with Gasteiger partial charge in [0.1, 0.15) is 6.61 Å². The number of hydrogen-bond donors (Lipinski definition) is 1. The van der Waals surface area contributed by atoms with E-state index in [-0.39, 0.29) is 12.5 Å². The SMILES string of the molecule is O=C(NCCSC1CCCCC1)C1COc2ccccc2O1. The molecule has 1 amide bonds. The highest BCUT2D eigenvalue weighted by Gasteiger charge is 2.26. The molecule has 0 radical (unpaired) electrons. The molecule has 0 bridgehead atoms. The van der Waals surface area contributed by atoms with E-state index in [1.54, 1.807) is 0 Å². The summed E-state index contributed by atoms with van der Waals surface area (Å²) in [7, 11) is 0. The zero-order valence-electron chi connectivity index (χ0n) is 12.8. The third-order valence-corrected chi connectivity index (χ3v) is 5.49. The van der Waals surface area contributed by atoms with Gasteiger partial charge in [-0.15, -0.1) is 0 Å². The second kappa shape index (κ2) is 7.77. The summed E-state index contributed by atoms with van der Waals surface area (Å²) in [4.78, 5) is 12.1. The van der Waals surface area contributed by atoms with Crippen molar-refractivity contribution in [1.82, 2.24) is 5.32 Å². The Morgan fingerprint density at radius 3 is 2.77 bits per heavy atom. The van der Waals surface area contributed by atoms with Crippen molar-refractivity contribution >= 4 is 17.7 Å². The normalized spacial score (nSPS) is 21.4. The van der Waals surface area contributed by atoms with Gasteiger partial charge in [0, 0.05) is 17.5 Å². The van der Waals surface area contributed by atoms with Crippen LogP contribution in [0.15, 0.2) is 24.3 Å². The van der Waals surface area contributed by atoms with Crippen molar-refractivity contribution in [2.24, 2.45) is 0 Å². The van der Waals surface area contributed by atoms with E-state index < -0.39 is 6.10 Å². The predicted molar refractivity (Wildman–Crippen MR) is 88.7 cm³/mol. The molecule has 1 aliphatic heterocycles. The lowest BCUT2D eigenvalue weighted by molar-refractivity contribution is -0.130. The van der Waals surface area contributed by atoms with Gasteiger partial charge in [0.25, 0.3) is 5.91 Å². The van der Waals surface area contributed by atoms with Crippen LogP contribution >= 0.6 is 11.8 Å². The molecule has 4 nitrogen and oxygen atoms in total. The molecule has 0 spiro atoms. The molecule has 1 N–H and O–H groups in total. The lowest BCUT2D eigenvalue weighted by Crippen LogP contribution is -2.44. The molecule has 1 aromatic carbocycles. The molecular formula is C17H23NO3S. The highest BCUT2D eigenvalue weighted by Crippen LogP contribution is 2.31. The molecule has 0 saturated heterocycles. The minimum atomic E-state index is -0.547. The molecule has 120 valence electrons. The molecule has 1 fully saturated rings. The van der Waals surface area contributed by atoms with Crippen LogP contribution in [-0.4, -0.2) is 36.2 Å². The Balaban J connectivity index is 1.37. The number of rotatable bonds is 5. The fourth-order valence-corrected chi connectivity index (χ4v) is 4.11. The first kappa shape index (κ1) is 15.5. The lowest BCUT2D eigenvalue weighted by atomic mass is 10.0. The number of carbonyl (C=O) groups is 1. The van der Waals surface area contributed by atoms with E-state index in [0.29, 0.717) is 18.0 Å². The molecule has 22 heavy (non-hydrogen) atoms. The van der Waals surface area contributed by atoms with Crippen LogP contribution in [0.25, 0.3) is 0 Å². The van der Waals surface area contributed by atoms with E-state index in [2.05, 4.69) is 5.32 Å². The monoisotopic (exact) mass is 321 g/mol. The maximum Gasteiger partial charge on any atom is 0.264 e. The molecule has 1 saturated carbocycles. The summed E-state index contributed by atoms with van der Waals surface area (Å²) in [6.45, 7) is 0.972. The van der Waals surface area contributed by atoms with Gasteiger partial charge >= 0.3 is 0 Å². The minimum Gasteiger partial charge on any atom is -0.485 e. The Bertz CT molecular complexity index is 502. The average Bonchev–Trinajstić information content (AvgIpc) is 2.59. The molecule has 1 atom stereocenters. The lowest BCUT2D eigenvalue weighted by Gasteiger charge is -2.25. The molecular weight excluding hydrogens is 298 g/mol. The molecule has 0 aromatic heterocycles. The van der Waals surface area contributed by atoms with Crippen LogP contribution in [0.5, 0.6) is 11.5 Å². The van der Waals surface area contributed by atoms with E-state index in [1.165, 1.54) is 32.1 Å². The van der Waals surface area contributed by atoms with Gasteiger partial charge in [-0.05, 0) is 25.0 Å². The second-order valence-electron chi connectivity index (χ2n) is 5.79. The van der Waals surface area contributed by atoms with Crippen LogP contribution in [0.1, 0.15) is 32.1 Å². The van der Waals surface area contributed by atoms with Crippen LogP contribution in [0.2, 0.25) is 0 Å². The summed E-state index contributed by atoms with van der Waals surface area (Å²) in [6, 6.07) is 7.45. The maximum atomic E-state index is 12.1. The Morgan fingerprint density at radius 2 is 1.95 bits per heavy atom. The minimum absolute atomic E-state index is 0.0845. The quantitative estimate of drug-likeness (QED) is 0.847. The van der Waals surface area contributed by atoms with E-state index in [4.69, 9.17) is 9.47 Å². The van der Waals surface area contributed by atoms with Crippen molar-refractivity contribution in [2.75, 3.05) is 18.9 Å². The van der Waals surface area contributed by atoms with Crippen LogP contribution in [0.4, 0.5) is 0 Å². The van der Waals surface area contributed by atoms with E-state index in [0.717, 1.165) is 11.0 Å². The first-order chi connectivity index (χ1) is 10.8. The molecule has 2 aliphatic rings. The van der Waals surface area contributed by atoms with Gasteiger partial charge < -0.3 is 14.8 Å². The fourth-order valence-electron chi connectivity index (χ4n) is 2.89. The van der Waals surface area contributed by atoms with Gasteiger partial charge in [0.2, 0.25) is 6.10 Å². The van der Waals surface area contributed by atoms with Crippen molar-refractivity contribution in [3.8, 4) is 11.5 Å². The fraction of sp³-hybridized carbons (Fsp3) is 0.588. The van der Waals surface area contributed by atoms with E-state index >= 15 is 0 Å². The average molecular weight is 321 g/mol. The zero-order chi connectivity index (χ0) is 15.2. The number of benzene rings is 1. The van der Waals surface area contributed by atoms with E-state index in [1.807, 2.05) is 36.0 Å². The number of ether oxygens (including phenoxy) is 2. The molecule has 1 aliphatic carbocycles. The number of para-hydroxylation sites is 2. The van der Waals surface area contributed by atoms with Crippen molar-refractivity contribution in [1.29, 1.82) is 0 Å². The Hall–Kier alpha value is -1.36. The first-order valence-corrected chi connectivity index (χ1v) is 9.15. The number of hydrogen-bond acceptors (Lipinski definition) is 4. The number of fused-ring (bicyclic) bond motifs is 1. The van der Waals surface area contributed by atoms with Crippen LogP contribution in [0, 0.1) is 0 Å². The number of carbonyl (C=O) groups excluding carboxylic acids is 1. The smallest absolute Gasteiger partial charge is 0.264 e. The topological polar surface area (TPSA) is 47.6 Å². The van der Waals surface area contributed by atoms with Gasteiger partial charge in [0.05, 0.1) is 0 Å². The zero-order valence-corrected chi connectivity index (χ0v) is 13.6. The van der Waals surface area contributed by atoms with Crippen LogP contribution in [0.3, 0.4) is 0 Å². The van der Waals surface area contributed by atoms with Gasteiger partial charge in [-0.25, -0.2) is 0 Å². The largest absolute Gasteiger partial charge is 0.485 e. The third-order valence-electron chi connectivity index (χ3n) is 4.11. The second-order valence-corrected chi connectivity index (χ2v) is 7.19. The molecule has 1 heterocycles. The number of nitrogens with one attached hydrogen (secondary N) is 1. The Kier molecular flexibility index (Phi) is 5.48. The predicted octanol–water partition coefficient (Wildman–Crippen LogP) is 3.01. The summed E-state index contributed by atoms with van der Waals surface area (Å²) in [5, 5.41) is 3.74. The summed E-state index contributed by atoms with van der Waals surface area (Å²) in [5.74, 6) is 2.24. The Morgan fingerprint density at radius 1 is 1.18 bits per heavy atom. The molecule has 1 aromatic rings.